The molecule has 0 saturated carbocycles. The van der Waals surface area contributed by atoms with Crippen molar-refractivity contribution in [2.75, 3.05) is 6.54 Å². The molecule has 0 aromatic carbocycles. The Morgan fingerprint density at radius 2 is 2.45 bits per heavy atom. The van der Waals surface area contributed by atoms with Crippen LogP contribution in [0.5, 0.6) is 0 Å². The van der Waals surface area contributed by atoms with Crippen molar-refractivity contribution in [1.82, 2.24) is 4.90 Å². The Morgan fingerprint density at radius 3 is 3.00 bits per heavy atom. The Morgan fingerprint density at radius 1 is 1.73 bits per heavy atom. The summed E-state index contributed by atoms with van der Waals surface area (Å²) in [5.74, 6) is -0.311. The Hall–Kier alpha value is -0.995. The van der Waals surface area contributed by atoms with E-state index in [9.17, 15) is 9.59 Å². The van der Waals surface area contributed by atoms with Crippen molar-refractivity contribution in [1.29, 1.82) is 0 Å². The number of rotatable bonds is 2. The van der Waals surface area contributed by atoms with Crippen LogP contribution >= 0.6 is 0 Å². The largest absolute Gasteiger partial charge is 0.542 e. The van der Waals surface area contributed by atoms with Gasteiger partial charge < -0.3 is 9.55 Å². The van der Waals surface area contributed by atoms with Gasteiger partial charge in [-0.05, 0) is 12.8 Å². The minimum atomic E-state index is -0.336. The van der Waals surface area contributed by atoms with Crippen LogP contribution in [0.15, 0.2) is 0 Å². The van der Waals surface area contributed by atoms with Gasteiger partial charge in [0.05, 0.1) is 0 Å². The summed E-state index contributed by atoms with van der Waals surface area (Å²) >= 11 is 0. The van der Waals surface area contributed by atoms with E-state index < -0.39 is 0 Å². The fraction of sp³-hybridized carbons (Fsp3) is 0.667. The molecule has 1 atom stereocenters. The normalized spacial score (nSPS) is 23.3. The molecule has 0 aromatic heterocycles. The molecule has 1 fully saturated rings. The number of likely N-dealkylation sites (tertiary alicyclic amines) is 1. The van der Waals surface area contributed by atoms with Gasteiger partial charge in [-0.2, -0.15) is 0 Å². The molecule has 1 saturated heterocycles. The van der Waals surface area contributed by atoms with Crippen LogP contribution in [0.1, 0.15) is 12.8 Å². The zero-order chi connectivity index (χ0) is 8.27. The summed E-state index contributed by atoms with van der Waals surface area (Å²) in [7, 11) is 1.34. The molecular formula is C6H10BNO3. The Kier molecular flexibility index (Phi) is 2.51. The van der Waals surface area contributed by atoms with E-state index in [2.05, 4.69) is 4.65 Å². The Labute approximate surface area is 65.9 Å². The predicted octanol–water partition coefficient (Wildman–Crippen LogP) is -1.30. The SMILES string of the molecule is BOC(=O)[C@@H]1CCCN1C=O. The summed E-state index contributed by atoms with van der Waals surface area (Å²) in [6.07, 6.45) is 2.32. The molecule has 60 valence electrons. The molecule has 1 heterocycles. The van der Waals surface area contributed by atoms with Gasteiger partial charge in [-0.15, -0.1) is 0 Å². The lowest BCUT2D eigenvalue weighted by Gasteiger charge is -2.16. The molecule has 0 aliphatic carbocycles. The number of nitrogens with zero attached hydrogens (tertiary/aromatic N) is 1. The molecule has 0 N–H and O–H groups in total. The van der Waals surface area contributed by atoms with Crippen molar-refractivity contribution in [3.05, 3.63) is 0 Å². The van der Waals surface area contributed by atoms with Crippen LogP contribution in [-0.2, 0) is 14.2 Å². The van der Waals surface area contributed by atoms with Crippen LogP contribution in [0.2, 0.25) is 0 Å². The highest BCUT2D eigenvalue weighted by molar-refractivity contribution is 6.06. The van der Waals surface area contributed by atoms with Gasteiger partial charge in [0, 0.05) is 6.54 Å². The third kappa shape index (κ3) is 1.53. The lowest BCUT2D eigenvalue weighted by molar-refractivity contribution is -0.141. The number of carbonyl (C=O) groups excluding carboxylic acids is 2. The van der Waals surface area contributed by atoms with Gasteiger partial charge in [-0.1, -0.05) is 0 Å². The van der Waals surface area contributed by atoms with E-state index in [1.54, 1.807) is 0 Å². The van der Waals surface area contributed by atoms with E-state index in [0.717, 1.165) is 12.8 Å². The standard InChI is InChI=1S/C6H10BNO3/c7-11-6(10)5-2-1-3-8(5)4-9/h4-5H,1-3,7H2/t5-/m0/s1. The Balaban J connectivity index is 2.56. The molecule has 1 aliphatic rings. The molecule has 0 unspecified atom stereocenters. The van der Waals surface area contributed by atoms with E-state index in [1.165, 1.54) is 12.9 Å². The molecule has 1 rings (SSSR count). The maximum absolute atomic E-state index is 11.0. The van der Waals surface area contributed by atoms with Gasteiger partial charge in [0.15, 0.2) is 0 Å². The van der Waals surface area contributed by atoms with Crippen LogP contribution in [0, 0.1) is 0 Å². The topological polar surface area (TPSA) is 46.6 Å². The second-order valence-electron chi connectivity index (χ2n) is 2.52. The van der Waals surface area contributed by atoms with Gasteiger partial charge in [0.25, 0.3) is 0 Å². The third-order valence-corrected chi connectivity index (χ3v) is 1.90. The van der Waals surface area contributed by atoms with Crippen LogP contribution in [0.3, 0.4) is 0 Å². The molecule has 0 spiro atoms. The maximum atomic E-state index is 11.0. The average molecular weight is 155 g/mol. The number of hydrogen-bond acceptors (Lipinski definition) is 3. The quantitative estimate of drug-likeness (QED) is 0.367. The van der Waals surface area contributed by atoms with Gasteiger partial charge in [0.1, 0.15) is 6.04 Å². The molecule has 5 heteroatoms. The van der Waals surface area contributed by atoms with Crippen molar-refractivity contribution < 1.29 is 14.2 Å². The minimum Gasteiger partial charge on any atom is -0.542 e. The van der Waals surface area contributed by atoms with Crippen molar-refractivity contribution >= 4 is 20.4 Å². The first kappa shape index (κ1) is 8.10. The van der Waals surface area contributed by atoms with Gasteiger partial charge in [-0.3, -0.25) is 9.59 Å². The summed E-state index contributed by atoms with van der Waals surface area (Å²) in [5, 5.41) is 0. The first-order valence-electron chi connectivity index (χ1n) is 3.58. The van der Waals surface area contributed by atoms with Crippen LogP contribution < -0.4 is 0 Å². The summed E-state index contributed by atoms with van der Waals surface area (Å²) in [4.78, 5) is 22.8. The summed E-state index contributed by atoms with van der Waals surface area (Å²) in [6.45, 7) is 0.670. The molecular weight excluding hydrogens is 145 g/mol. The third-order valence-electron chi connectivity index (χ3n) is 1.90. The smallest absolute Gasteiger partial charge is 0.326 e. The molecule has 0 radical (unpaired) electrons. The highest BCUT2D eigenvalue weighted by atomic mass is 16.5. The highest BCUT2D eigenvalue weighted by Crippen LogP contribution is 2.15. The van der Waals surface area contributed by atoms with Crippen LogP contribution in [0.25, 0.3) is 0 Å². The first-order chi connectivity index (χ1) is 5.29. The first-order valence-corrected chi connectivity index (χ1v) is 3.58. The second kappa shape index (κ2) is 3.41. The summed E-state index contributed by atoms with van der Waals surface area (Å²) in [6, 6.07) is -0.336. The fourth-order valence-electron chi connectivity index (χ4n) is 1.30. The molecule has 11 heavy (non-hydrogen) atoms. The van der Waals surface area contributed by atoms with Crippen LogP contribution in [-0.4, -0.2) is 37.9 Å². The lowest BCUT2D eigenvalue weighted by Crippen LogP contribution is -2.35. The fourth-order valence-corrected chi connectivity index (χ4v) is 1.30. The zero-order valence-electron chi connectivity index (χ0n) is 6.45. The van der Waals surface area contributed by atoms with Crippen molar-refractivity contribution in [2.24, 2.45) is 0 Å². The van der Waals surface area contributed by atoms with E-state index in [-0.39, 0.29) is 12.0 Å². The highest BCUT2D eigenvalue weighted by Gasteiger charge is 2.29. The molecule has 4 nitrogen and oxygen atoms in total. The van der Waals surface area contributed by atoms with E-state index in [0.29, 0.717) is 13.0 Å². The van der Waals surface area contributed by atoms with Gasteiger partial charge in [-0.25, -0.2) is 0 Å². The van der Waals surface area contributed by atoms with Crippen molar-refractivity contribution in [3.8, 4) is 0 Å². The van der Waals surface area contributed by atoms with E-state index >= 15 is 0 Å². The minimum absolute atomic E-state index is 0.311. The van der Waals surface area contributed by atoms with Gasteiger partial charge >= 0.3 is 14.0 Å². The molecule has 0 bridgehead atoms. The molecule has 1 aliphatic heterocycles. The summed E-state index contributed by atoms with van der Waals surface area (Å²) < 4.78 is 4.53. The number of hydrogen-bond donors (Lipinski definition) is 0. The number of amides is 1. The van der Waals surface area contributed by atoms with Crippen molar-refractivity contribution in [3.63, 3.8) is 0 Å². The summed E-state index contributed by atoms with van der Waals surface area (Å²) in [5.41, 5.74) is 0. The molecule has 1 amide bonds. The second-order valence-corrected chi connectivity index (χ2v) is 2.52. The number of carbonyl (C=O) groups is 2. The van der Waals surface area contributed by atoms with Gasteiger partial charge in [0.2, 0.25) is 6.41 Å². The maximum Gasteiger partial charge on any atom is 0.326 e. The monoisotopic (exact) mass is 155 g/mol. The van der Waals surface area contributed by atoms with E-state index in [4.69, 9.17) is 0 Å². The average Bonchev–Trinajstić information content (AvgIpc) is 2.50. The zero-order valence-corrected chi connectivity index (χ0v) is 6.45. The Bertz CT molecular complexity index is 173. The molecule has 0 aromatic rings. The predicted molar refractivity (Wildman–Crippen MR) is 40.4 cm³/mol. The lowest BCUT2D eigenvalue weighted by atomic mass is 10.2. The van der Waals surface area contributed by atoms with E-state index in [1.807, 2.05) is 0 Å². The van der Waals surface area contributed by atoms with Crippen molar-refractivity contribution in [2.45, 2.75) is 18.9 Å². The van der Waals surface area contributed by atoms with Crippen LogP contribution in [0.4, 0.5) is 0 Å².